The Balaban J connectivity index is 2.29. The van der Waals surface area contributed by atoms with E-state index in [1.165, 1.54) is 0 Å². The highest BCUT2D eigenvalue weighted by molar-refractivity contribution is 5.87. The largest absolute Gasteiger partial charge is 0.422 e. The Bertz CT molecular complexity index is 842. The summed E-state index contributed by atoms with van der Waals surface area (Å²) in [5, 5.41) is 0.918. The second kappa shape index (κ2) is 4.78. The van der Waals surface area contributed by atoms with Crippen molar-refractivity contribution in [2.24, 2.45) is 0 Å². The molecule has 0 saturated heterocycles. The average Bonchev–Trinajstić information content (AvgIpc) is 2.48. The van der Waals surface area contributed by atoms with Gasteiger partial charge >= 0.3 is 5.63 Å². The zero-order valence-corrected chi connectivity index (χ0v) is 10.9. The van der Waals surface area contributed by atoms with E-state index in [-0.39, 0.29) is 5.63 Å². The molecule has 0 spiro atoms. The molecule has 3 heteroatoms. The fourth-order valence-electron chi connectivity index (χ4n) is 2.37. The number of fused-ring (bicyclic) bond motifs is 1. The summed E-state index contributed by atoms with van der Waals surface area (Å²) >= 11 is 0. The van der Waals surface area contributed by atoms with E-state index in [2.05, 4.69) is 0 Å². The Morgan fingerprint density at radius 2 is 1.70 bits per heavy atom. The maximum Gasteiger partial charge on any atom is 0.344 e. The molecule has 1 aromatic heterocycles. The van der Waals surface area contributed by atoms with Gasteiger partial charge < -0.3 is 4.42 Å². The fourth-order valence-corrected chi connectivity index (χ4v) is 2.37. The number of aryl methyl sites for hydroxylation is 1. The van der Waals surface area contributed by atoms with Crippen LogP contribution in [0.4, 0.5) is 0 Å². The highest BCUT2D eigenvalue weighted by Gasteiger charge is 2.12. The highest BCUT2D eigenvalue weighted by Crippen LogP contribution is 2.26. The smallest absolute Gasteiger partial charge is 0.344 e. The number of hydrogen-bond acceptors (Lipinski definition) is 3. The molecule has 0 unspecified atom stereocenters. The lowest BCUT2D eigenvalue weighted by Crippen LogP contribution is -2.05. The summed E-state index contributed by atoms with van der Waals surface area (Å²) in [4.78, 5) is 22.9. The van der Waals surface area contributed by atoms with Crippen LogP contribution in [-0.4, -0.2) is 6.29 Å². The number of aldehydes is 1. The Kier molecular flexibility index (Phi) is 2.95. The first-order valence-corrected chi connectivity index (χ1v) is 6.29. The second-order valence-corrected chi connectivity index (χ2v) is 4.63. The third-order valence-electron chi connectivity index (χ3n) is 3.41. The van der Waals surface area contributed by atoms with E-state index in [0.29, 0.717) is 16.7 Å². The van der Waals surface area contributed by atoms with Crippen molar-refractivity contribution in [1.29, 1.82) is 0 Å². The third kappa shape index (κ3) is 1.93. The first kappa shape index (κ1) is 12.4. The van der Waals surface area contributed by atoms with Crippen molar-refractivity contribution in [3.05, 3.63) is 70.1 Å². The van der Waals surface area contributed by atoms with Crippen LogP contribution in [0.15, 0.2) is 57.7 Å². The van der Waals surface area contributed by atoms with Crippen LogP contribution < -0.4 is 5.63 Å². The molecule has 1 heterocycles. The molecule has 0 N–H and O–H groups in total. The van der Waals surface area contributed by atoms with Gasteiger partial charge in [0, 0.05) is 10.9 Å². The third-order valence-corrected chi connectivity index (χ3v) is 3.41. The topological polar surface area (TPSA) is 47.3 Å². The molecule has 0 aliphatic rings. The molecule has 0 saturated carbocycles. The van der Waals surface area contributed by atoms with Crippen LogP contribution in [0.2, 0.25) is 0 Å². The number of carbonyl (C=O) groups is 1. The van der Waals surface area contributed by atoms with Gasteiger partial charge in [0.25, 0.3) is 0 Å². The van der Waals surface area contributed by atoms with E-state index in [1.807, 2.05) is 25.1 Å². The van der Waals surface area contributed by atoms with Crippen molar-refractivity contribution >= 4 is 17.3 Å². The molecular formula is C17H12O3. The van der Waals surface area contributed by atoms with Crippen molar-refractivity contribution in [2.75, 3.05) is 0 Å². The molecule has 3 aromatic rings. The second-order valence-electron chi connectivity index (χ2n) is 4.63. The molecule has 0 amide bonds. The summed E-state index contributed by atoms with van der Waals surface area (Å²) < 4.78 is 5.36. The van der Waals surface area contributed by atoms with Crippen molar-refractivity contribution in [3.63, 3.8) is 0 Å². The Morgan fingerprint density at radius 3 is 2.40 bits per heavy atom. The van der Waals surface area contributed by atoms with Crippen molar-refractivity contribution in [2.45, 2.75) is 6.92 Å². The molecule has 0 bridgehead atoms. The van der Waals surface area contributed by atoms with Crippen LogP contribution in [0.1, 0.15) is 15.9 Å². The van der Waals surface area contributed by atoms with Gasteiger partial charge in [-0.15, -0.1) is 0 Å². The summed E-state index contributed by atoms with van der Waals surface area (Å²) in [5.41, 5.74) is 2.99. The molecule has 0 atom stereocenters. The van der Waals surface area contributed by atoms with Crippen LogP contribution in [0.5, 0.6) is 0 Å². The minimum absolute atomic E-state index is 0.361. The number of para-hydroxylation sites is 1. The maximum absolute atomic E-state index is 12.2. The van der Waals surface area contributed by atoms with Crippen LogP contribution in [0, 0.1) is 6.92 Å². The predicted octanol–water partition coefficient (Wildman–Crippen LogP) is 3.58. The molecule has 98 valence electrons. The standard InChI is InChI=1S/C17H12O3/c1-11-14-4-2-3-5-15(14)20-17(19)16(11)13-8-6-12(10-18)7-9-13/h2-10H,1H3. The number of rotatable bonds is 2. The van der Waals surface area contributed by atoms with E-state index in [0.717, 1.165) is 22.8 Å². The quantitative estimate of drug-likeness (QED) is 0.525. The summed E-state index contributed by atoms with van der Waals surface area (Å²) in [5.74, 6) is 0. The average molecular weight is 264 g/mol. The summed E-state index contributed by atoms with van der Waals surface area (Å²) in [6, 6.07) is 14.4. The lowest BCUT2D eigenvalue weighted by Gasteiger charge is -2.07. The van der Waals surface area contributed by atoms with Gasteiger partial charge in [0.05, 0.1) is 5.56 Å². The van der Waals surface area contributed by atoms with E-state index < -0.39 is 0 Å². The lowest BCUT2D eigenvalue weighted by molar-refractivity contribution is 0.112. The number of hydrogen-bond donors (Lipinski definition) is 0. The SMILES string of the molecule is Cc1c(-c2ccc(C=O)cc2)c(=O)oc2ccccc12. The van der Waals surface area contributed by atoms with E-state index in [4.69, 9.17) is 4.42 Å². The van der Waals surface area contributed by atoms with Crippen LogP contribution in [-0.2, 0) is 0 Å². The zero-order chi connectivity index (χ0) is 14.1. The molecule has 20 heavy (non-hydrogen) atoms. The van der Waals surface area contributed by atoms with Crippen LogP contribution in [0.3, 0.4) is 0 Å². The molecule has 0 aliphatic carbocycles. The lowest BCUT2D eigenvalue weighted by atomic mass is 9.99. The van der Waals surface area contributed by atoms with Gasteiger partial charge in [-0.1, -0.05) is 42.5 Å². The number of benzene rings is 2. The predicted molar refractivity (Wildman–Crippen MR) is 78.0 cm³/mol. The maximum atomic E-state index is 12.2. The minimum Gasteiger partial charge on any atom is -0.422 e. The van der Waals surface area contributed by atoms with Crippen LogP contribution in [0.25, 0.3) is 22.1 Å². The molecule has 0 radical (unpaired) electrons. The molecule has 0 fully saturated rings. The Morgan fingerprint density at radius 1 is 1.00 bits per heavy atom. The first-order chi connectivity index (χ1) is 9.70. The normalized spacial score (nSPS) is 10.7. The zero-order valence-electron chi connectivity index (χ0n) is 10.9. The highest BCUT2D eigenvalue weighted by atomic mass is 16.4. The molecular weight excluding hydrogens is 252 g/mol. The van der Waals surface area contributed by atoms with Gasteiger partial charge in [-0.25, -0.2) is 4.79 Å². The molecule has 3 nitrogen and oxygen atoms in total. The van der Waals surface area contributed by atoms with Crippen molar-refractivity contribution in [1.82, 2.24) is 0 Å². The van der Waals surface area contributed by atoms with Gasteiger partial charge in [0.1, 0.15) is 11.9 Å². The van der Waals surface area contributed by atoms with E-state index in [1.54, 1.807) is 30.3 Å². The first-order valence-electron chi connectivity index (χ1n) is 6.29. The van der Waals surface area contributed by atoms with Crippen molar-refractivity contribution < 1.29 is 9.21 Å². The monoisotopic (exact) mass is 264 g/mol. The van der Waals surface area contributed by atoms with E-state index >= 15 is 0 Å². The van der Waals surface area contributed by atoms with Gasteiger partial charge in [-0.05, 0) is 24.1 Å². The molecule has 3 rings (SSSR count). The summed E-state index contributed by atoms with van der Waals surface area (Å²) in [6.45, 7) is 1.90. The molecule has 2 aromatic carbocycles. The Hall–Kier alpha value is -2.68. The van der Waals surface area contributed by atoms with Crippen molar-refractivity contribution in [3.8, 4) is 11.1 Å². The number of carbonyl (C=O) groups excluding carboxylic acids is 1. The minimum atomic E-state index is -0.361. The van der Waals surface area contributed by atoms with Gasteiger partial charge in [-0.2, -0.15) is 0 Å². The Labute approximate surface area is 115 Å². The van der Waals surface area contributed by atoms with Gasteiger partial charge in [0.2, 0.25) is 0 Å². The van der Waals surface area contributed by atoms with E-state index in [9.17, 15) is 9.59 Å². The van der Waals surface area contributed by atoms with Gasteiger partial charge in [0.15, 0.2) is 0 Å². The van der Waals surface area contributed by atoms with Gasteiger partial charge in [-0.3, -0.25) is 4.79 Å². The molecule has 0 aliphatic heterocycles. The fraction of sp³-hybridized carbons (Fsp3) is 0.0588. The summed E-state index contributed by atoms with van der Waals surface area (Å²) in [6.07, 6.45) is 0.777. The van der Waals surface area contributed by atoms with Crippen LogP contribution >= 0.6 is 0 Å². The summed E-state index contributed by atoms with van der Waals surface area (Å²) in [7, 11) is 0.